The van der Waals surface area contributed by atoms with Crippen molar-refractivity contribution in [2.75, 3.05) is 37.0 Å². The number of aromatic nitrogens is 5. The van der Waals surface area contributed by atoms with Gasteiger partial charge >= 0.3 is 6.09 Å². The lowest BCUT2D eigenvalue weighted by atomic mass is 10.2. The van der Waals surface area contributed by atoms with Crippen LogP contribution in [0.4, 0.5) is 26.4 Å². The van der Waals surface area contributed by atoms with Gasteiger partial charge in [-0.05, 0) is 61.9 Å². The van der Waals surface area contributed by atoms with Gasteiger partial charge in [-0.15, -0.1) is 0 Å². The van der Waals surface area contributed by atoms with Crippen LogP contribution in [0.15, 0.2) is 90.3 Å². The highest BCUT2D eigenvalue weighted by molar-refractivity contribution is 7.85. The highest BCUT2D eigenvalue weighted by Gasteiger charge is 2.18. The quantitative estimate of drug-likeness (QED) is 0.156. The van der Waals surface area contributed by atoms with Crippen LogP contribution < -0.4 is 16.0 Å². The van der Waals surface area contributed by atoms with Crippen LogP contribution >= 0.6 is 0 Å². The minimum Gasteiger partial charge on any atom is -0.448 e. The molecule has 14 nitrogen and oxygen atoms in total. The van der Waals surface area contributed by atoms with Gasteiger partial charge in [-0.3, -0.25) is 14.6 Å². The first kappa shape index (κ1) is 34.4. The number of carbonyl (C=O) groups is 1. The summed E-state index contributed by atoms with van der Waals surface area (Å²) in [6, 6.07) is 18.3. The molecular formula is C34H35FN8O6S. The van der Waals surface area contributed by atoms with E-state index in [0.717, 1.165) is 45.3 Å². The van der Waals surface area contributed by atoms with Gasteiger partial charge in [0.15, 0.2) is 5.82 Å². The maximum absolute atomic E-state index is 13.6. The molecule has 4 N–H and O–H groups in total. The third-order valence-electron chi connectivity index (χ3n) is 7.92. The number of nitrogens with one attached hydrogen (secondary N) is 3. The Labute approximate surface area is 287 Å². The van der Waals surface area contributed by atoms with Gasteiger partial charge in [-0.1, -0.05) is 29.8 Å². The van der Waals surface area contributed by atoms with Crippen molar-refractivity contribution in [1.82, 2.24) is 29.7 Å². The van der Waals surface area contributed by atoms with E-state index in [0.29, 0.717) is 31.3 Å². The molecule has 1 aliphatic rings. The lowest BCUT2D eigenvalue weighted by Gasteiger charge is -2.23. The second-order valence-electron chi connectivity index (χ2n) is 11.6. The molecule has 0 aliphatic carbocycles. The predicted molar refractivity (Wildman–Crippen MR) is 185 cm³/mol. The molecule has 0 radical (unpaired) electrons. The Morgan fingerprint density at radius 3 is 2.68 bits per heavy atom. The van der Waals surface area contributed by atoms with E-state index in [2.05, 4.69) is 31.1 Å². The Bertz CT molecular complexity index is 2230. The Morgan fingerprint density at radius 1 is 1.12 bits per heavy atom. The lowest BCUT2D eigenvalue weighted by Crippen LogP contribution is -2.44. The average molecular weight is 703 g/mol. The first-order valence-electron chi connectivity index (χ1n) is 15.6. The van der Waals surface area contributed by atoms with Crippen molar-refractivity contribution < 1.29 is 31.6 Å². The topological polar surface area (TPSA) is 174 Å². The number of fused-ring (bicyclic) bond motifs is 2. The molecule has 1 atom stereocenters. The van der Waals surface area contributed by atoms with Crippen LogP contribution in [0.25, 0.3) is 16.4 Å². The average Bonchev–Trinajstić information content (AvgIpc) is 3.64. The van der Waals surface area contributed by atoms with Crippen LogP contribution in [0.1, 0.15) is 16.7 Å². The summed E-state index contributed by atoms with van der Waals surface area (Å²) in [4.78, 5) is 16.8. The van der Waals surface area contributed by atoms with Crippen molar-refractivity contribution in [1.29, 1.82) is 0 Å². The molecular weight excluding hydrogens is 667 g/mol. The molecule has 260 valence electrons. The van der Waals surface area contributed by atoms with E-state index < -0.39 is 16.2 Å². The van der Waals surface area contributed by atoms with Crippen LogP contribution in [0, 0.1) is 19.7 Å². The molecule has 50 heavy (non-hydrogen) atoms. The second-order valence-corrected chi connectivity index (χ2v) is 13.1. The molecule has 7 rings (SSSR count). The van der Waals surface area contributed by atoms with E-state index >= 15 is 0 Å². The molecule has 16 heteroatoms. The van der Waals surface area contributed by atoms with Gasteiger partial charge in [0.05, 0.1) is 54.3 Å². The molecule has 0 bridgehead atoms. The number of hydrogen-bond donors (Lipinski definition) is 4. The highest BCUT2D eigenvalue weighted by Crippen LogP contribution is 2.29. The summed E-state index contributed by atoms with van der Waals surface area (Å²) < 4.78 is 57.4. The molecule has 1 saturated heterocycles. The predicted octanol–water partition coefficient (Wildman–Crippen LogP) is 5.10. The van der Waals surface area contributed by atoms with Gasteiger partial charge in [0.2, 0.25) is 0 Å². The number of anilines is 3. The summed E-state index contributed by atoms with van der Waals surface area (Å²) in [5.74, 6) is 0.313. The second kappa shape index (κ2) is 15.0. The number of rotatable bonds is 8. The van der Waals surface area contributed by atoms with E-state index in [9.17, 15) is 17.6 Å². The molecule has 0 spiro atoms. The summed E-state index contributed by atoms with van der Waals surface area (Å²) in [5.41, 5.74) is 5.61. The number of halogens is 1. The van der Waals surface area contributed by atoms with E-state index in [1.54, 1.807) is 35.1 Å². The first-order chi connectivity index (χ1) is 24.0. The number of carbonyl (C=O) groups excluding carboxylic acids is 1. The monoisotopic (exact) mass is 702 g/mol. The van der Waals surface area contributed by atoms with E-state index in [-0.39, 0.29) is 23.4 Å². The summed E-state index contributed by atoms with van der Waals surface area (Å²) in [5, 5.41) is 19.1. The third kappa shape index (κ3) is 8.41. The van der Waals surface area contributed by atoms with Crippen LogP contribution in [0.2, 0.25) is 0 Å². The Balaban J connectivity index is 0.000000336. The summed E-state index contributed by atoms with van der Waals surface area (Å²) in [6.45, 7) is 6.30. The van der Waals surface area contributed by atoms with Gasteiger partial charge in [0, 0.05) is 23.2 Å². The van der Waals surface area contributed by atoms with E-state index in [1.165, 1.54) is 30.6 Å². The molecule has 0 unspecified atom stereocenters. The van der Waals surface area contributed by atoms with Gasteiger partial charge in [0.25, 0.3) is 10.1 Å². The SMILES string of the molecule is Cc1c(NC(=O)OC[C@@H]2COCCN2)cn2ncnc(Nc3ccc4c(cnn4Cc4cccc(F)c4)c3)c12.Cc1ccc(S(=O)(=O)O)cc1. The largest absolute Gasteiger partial charge is 0.448 e. The molecule has 3 aromatic heterocycles. The fourth-order valence-corrected chi connectivity index (χ4v) is 5.85. The zero-order chi connectivity index (χ0) is 35.3. The molecule has 0 saturated carbocycles. The molecule has 4 heterocycles. The summed E-state index contributed by atoms with van der Waals surface area (Å²) in [6.07, 6.45) is 4.40. The molecule has 1 aliphatic heterocycles. The lowest BCUT2D eigenvalue weighted by molar-refractivity contribution is 0.0494. The Hall–Kier alpha value is -5.42. The Kier molecular flexibility index (Phi) is 10.3. The Morgan fingerprint density at radius 2 is 1.94 bits per heavy atom. The first-order valence-corrected chi connectivity index (χ1v) is 17.1. The minimum absolute atomic E-state index is 0.0221. The highest BCUT2D eigenvalue weighted by atomic mass is 32.2. The van der Waals surface area contributed by atoms with Crippen LogP contribution in [0.5, 0.6) is 0 Å². The van der Waals surface area contributed by atoms with Gasteiger partial charge in [-0.2, -0.15) is 18.6 Å². The fourth-order valence-electron chi connectivity index (χ4n) is 5.37. The van der Waals surface area contributed by atoms with Gasteiger partial charge in [-0.25, -0.2) is 18.7 Å². The van der Waals surface area contributed by atoms with E-state index in [1.807, 2.05) is 42.8 Å². The smallest absolute Gasteiger partial charge is 0.411 e. The van der Waals surface area contributed by atoms with Crippen molar-refractivity contribution in [3.8, 4) is 0 Å². The number of morpholine rings is 1. The number of benzene rings is 3. The number of aryl methyl sites for hydroxylation is 2. The third-order valence-corrected chi connectivity index (χ3v) is 8.79. The number of hydrogen-bond acceptors (Lipinski definition) is 10. The maximum atomic E-state index is 13.6. The number of nitrogens with zero attached hydrogens (tertiary/aromatic N) is 5. The maximum Gasteiger partial charge on any atom is 0.411 e. The van der Waals surface area contributed by atoms with Gasteiger partial charge < -0.3 is 20.1 Å². The van der Waals surface area contributed by atoms with Crippen molar-refractivity contribution in [3.05, 3.63) is 108 Å². The standard InChI is InChI=1S/C27H27FN8O3.C7H8O3S/c1-17-23(34-27(37)39-15-22-14-38-8-7-29-22)13-36-25(17)26(30-16-32-36)33-21-5-6-24-19(10-21)11-31-35(24)12-18-3-2-4-20(28)9-18;1-6-2-4-7(5-3-6)11(8,9)10/h2-6,9-11,13,16,22,29H,7-8,12,14-15H2,1H3,(H,34,37)(H,30,32,33);2-5H,1H3,(H,8,9,10)/t22-;/m0./s1. The normalized spacial score (nSPS) is 14.6. The van der Waals surface area contributed by atoms with E-state index in [4.69, 9.17) is 14.0 Å². The zero-order valence-electron chi connectivity index (χ0n) is 27.2. The minimum atomic E-state index is -4.02. The fraction of sp³-hybridized carbons (Fsp3) is 0.235. The zero-order valence-corrected chi connectivity index (χ0v) is 28.0. The van der Waals surface area contributed by atoms with Crippen molar-refractivity contribution in [2.45, 2.75) is 31.3 Å². The van der Waals surface area contributed by atoms with Crippen molar-refractivity contribution in [3.63, 3.8) is 0 Å². The van der Waals surface area contributed by atoms with Crippen molar-refractivity contribution in [2.24, 2.45) is 0 Å². The van der Waals surface area contributed by atoms with Crippen molar-refractivity contribution >= 4 is 49.8 Å². The van der Waals surface area contributed by atoms with Crippen LogP contribution in [-0.2, 0) is 26.1 Å². The number of ether oxygens (including phenoxy) is 2. The van der Waals surface area contributed by atoms with Crippen LogP contribution in [0.3, 0.4) is 0 Å². The molecule has 1 amide bonds. The number of amides is 1. The molecule has 1 fully saturated rings. The summed E-state index contributed by atoms with van der Waals surface area (Å²) >= 11 is 0. The van der Waals surface area contributed by atoms with Crippen LogP contribution in [-0.4, -0.2) is 75.8 Å². The van der Waals surface area contributed by atoms with Gasteiger partial charge in [0.1, 0.15) is 24.3 Å². The molecule has 6 aromatic rings. The molecule has 3 aromatic carbocycles. The summed E-state index contributed by atoms with van der Waals surface area (Å²) in [7, 11) is -4.02.